The normalized spacial score (nSPS) is 10.1. The first-order valence-electron chi connectivity index (χ1n) is 4.56. The SMILES string of the molecule is CC(=O)CCC[Se]c1ccc(Cl)cc1. The first-order valence-corrected chi connectivity index (χ1v) is 7.01. The molecule has 3 heteroatoms. The van der Waals surface area contributed by atoms with Crippen LogP contribution >= 0.6 is 11.6 Å². The molecule has 1 aromatic rings. The quantitative estimate of drug-likeness (QED) is 0.596. The maximum atomic E-state index is 10.7. The Hall–Kier alpha value is -0.301. The summed E-state index contributed by atoms with van der Waals surface area (Å²) < 4.78 is 1.35. The van der Waals surface area contributed by atoms with Crippen LogP contribution in [0.1, 0.15) is 19.8 Å². The summed E-state index contributed by atoms with van der Waals surface area (Å²) in [6, 6.07) is 7.97. The maximum absolute atomic E-state index is 10.7. The Kier molecular flexibility index (Phi) is 5.24. The molecule has 0 amide bonds. The second-order valence-corrected chi connectivity index (χ2v) is 6.00. The molecule has 1 aromatic carbocycles. The van der Waals surface area contributed by atoms with Crippen LogP contribution in [0, 0.1) is 0 Å². The van der Waals surface area contributed by atoms with Crippen LogP contribution in [0.2, 0.25) is 10.3 Å². The predicted octanol–water partition coefficient (Wildman–Crippen LogP) is 2.46. The zero-order chi connectivity index (χ0) is 10.4. The molecule has 1 nitrogen and oxygen atoms in total. The van der Waals surface area contributed by atoms with Crippen molar-refractivity contribution in [1.82, 2.24) is 0 Å². The van der Waals surface area contributed by atoms with Gasteiger partial charge in [-0.2, -0.15) is 0 Å². The summed E-state index contributed by atoms with van der Waals surface area (Å²) >= 11 is 6.26. The van der Waals surface area contributed by atoms with Crippen molar-refractivity contribution in [1.29, 1.82) is 0 Å². The van der Waals surface area contributed by atoms with E-state index in [1.54, 1.807) is 6.92 Å². The Morgan fingerprint density at radius 2 is 2.00 bits per heavy atom. The zero-order valence-electron chi connectivity index (χ0n) is 8.13. The Morgan fingerprint density at radius 3 is 2.57 bits per heavy atom. The van der Waals surface area contributed by atoms with E-state index in [0.717, 1.165) is 23.2 Å². The fourth-order valence-corrected chi connectivity index (χ4v) is 2.96. The van der Waals surface area contributed by atoms with Crippen LogP contribution in [0.4, 0.5) is 0 Å². The van der Waals surface area contributed by atoms with Crippen molar-refractivity contribution >= 4 is 36.8 Å². The van der Waals surface area contributed by atoms with Gasteiger partial charge in [0.15, 0.2) is 0 Å². The number of rotatable bonds is 5. The van der Waals surface area contributed by atoms with Crippen molar-refractivity contribution in [3.05, 3.63) is 29.3 Å². The summed E-state index contributed by atoms with van der Waals surface area (Å²) in [5, 5.41) is 1.92. The van der Waals surface area contributed by atoms with Crippen molar-refractivity contribution in [2.24, 2.45) is 0 Å². The monoisotopic (exact) mass is 276 g/mol. The molecule has 0 heterocycles. The summed E-state index contributed by atoms with van der Waals surface area (Å²) in [6.07, 6.45) is 1.73. The van der Waals surface area contributed by atoms with Gasteiger partial charge in [0.1, 0.15) is 0 Å². The van der Waals surface area contributed by atoms with Crippen LogP contribution in [0.5, 0.6) is 0 Å². The van der Waals surface area contributed by atoms with E-state index in [0.29, 0.717) is 15.0 Å². The van der Waals surface area contributed by atoms with Gasteiger partial charge < -0.3 is 0 Å². The van der Waals surface area contributed by atoms with Gasteiger partial charge in [-0.3, -0.25) is 0 Å². The summed E-state index contributed by atoms with van der Waals surface area (Å²) in [7, 11) is 0. The molecule has 0 atom stereocenters. The van der Waals surface area contributed by atoms with Crippen LogP contribution < -0.4 is 4.46 Å². The number of Topliss-reactive ketones (excluding diaryl/α,β-unsaturated/α-hetero) is 1. The second-order valence-electron chi connectivity index (χ2n) is 3.11. The number of carbonyl (C=O) groups is 1. The van der Waals surface area contributed by atoms with Gasteiger partial charge in [0.05, 0.1) is 0 Å². The van der Waals surface area contributed by atoms with Gasteiger partial charge in [-0.05, 0) is 0 Å². The molecule has 0 aliphatic rings. The summed E-state index contributed by atoms with van der Waals surface area (Å²) in [6.45, 7) is 1.65. The van der Waals surface area contributed by atoms with E-state index in [4.69, 9.17) is 11.6 Å². The fraction of sp³-hybridized carbons (Fsp3) is 0.364. The summed E-state index contributed by atoms with van der Waals surface area (Å²) in [5.41, 5.74) is 0. The van der Waals surface area contributed by atoms with Crippen molar-refractivity contribution < 1.29 is 4.79 Å². The number of hydrogen-bond acceptors (Lipinski definition) is 1. The van der Waals surface area contributed by atoms with Crippen LogP contribution in [0.25, 0.3) is 0 Å². The first kappa shape index (κ1) is 11.8. The number of carbonyl (C=O) groups excluding carboxylic acids is 1. The molecular weight excluding hydrogens is 263 g/mol. The van der Waals surface area contributed by atoms with Crippen LogP contribution in [-0.2, 0) is 4.79 Å². The second kappa shape index (κ2) is 6.23. The molecule has 0 bridgehead atoms. The van der Waals surface area contributed by atoms with Gasteiger partial charge in [0.25, 0.3) is 0 Å². The molecule has 76 valence electrons. The van der Waals surface area contributed by atoms with Crippen molar-refractivity contribution in [3.8, 4) is 0 Å². The minimum atomic E-state index is 0.289. The Morgan fingerprint density at radius 1 is 1.36 bits per heavy atom. The van der Waals surface area contributed by atoms with Crippen molar-refractivity contribution in [3.63, 3.8) is 0 Å². The van der Waals surface area contributed by atoms with E-state index < -0.39 is 0 Å². The van der Waals surface area contributed by atoms with Gasteiger partial charge >= 0.3 is 96.0 Å². The standard InChI is InChI=1S/C11H13ClOSe/c1-9(13)3-2-8-14-11-6-4-10(12)5-7-11/h4-7H,2-3,8H2,1H3. The van der Waals surface area contributed by atoms with Crippen molar-refractivity contribution in [2.45, 2.75) is 25.1 Å². The van der Waals surface area contributed by atoms with Gasteiger partial charge in [0, 0.05) is 0 Å². The Labute approximate surface area is 96.0 Å². The van der Waals surface area contributed by atoms with E-state index in [1.807, 2.05) is 12.1 Å². The molecule has 14 heavy (non-hydrogen) atoms. The molecule has 0 aromatic heterocycles. The van der Waals surface area contributed by atoms with Gasteiger partial charge in [-0.1, -0.05) is 0 Å². The van der Waals surface area contributed by atoms with Crippen LogP contribution in [0.15, 0.2) is 24.3 Å². The number of hydrogen-bond donors (Lipinski definition) is 0. The molecule has 1 rings (SSSR count). The molecule has 0 aliphatic heterocycles. The topological polar surface area (TPSA) is 17.1 Å². The molecule has 0 unspecified atom stereocenters. The number of benzene rings is 1. The van der Waals surface area contributed by atoms with E-state index >= 15 is 0 Å². The molecule has 0 saturated carbocycles. The average Bonchev–Trinajstić information content (AvgIpc) is 2.15. The van der Waals surface area contributed by atoms with Crippen LogP contribution in [0.3, 0.4) is 0 Å². The summed E-state index contributed by atoms with van der Waals surface area (Å²) in [4.78, 5) is 10.7. The Bertz CT molecular complexity index is 295. The molecular formula is C11H13ClOSe. The third-order valence-corrected chi connectivity index (χ3v) is 4.31. The van der Waals surface area contributed by atoms with Crippen molar-refractivity contribution in [2.75, 3.05) is 0 Å². The molecule has 0 fully saturated rings. The van der Waals surface area contributed by atoms with E-state index in [9.17, 15) is 4.79 Å². The van der Waals surface area contributed by atoms with Gasteiger partial charge in [-0.15, -0.1) is 0 Å². The number of halogens is 1. The van der Waals surface area contributed by atoms with E-state index in [2.05, 4.69) is 12.1 Å². The average molecular weight is 276 g/mol. The predicted molar refractivity (Wildman–Crippen MR) is 61.6 cm³/mol. The molecule has 0 aliphatic carbocycles. The Balaban J connectivity index is 2.25. The molecule has 0 radical (unpaired) electrons. The van der Waals surface area contributed by atoms with E-state index in [1.165, 1.54) is 4.46 Å². The fourth-order valence-electron chi connectivity index (χ4n) is 1.04. The molecule has 0 saturated heterocycles. The van der Waals surface area contributed by atoms with Crippen LogP contribution in [-0.4, -0.2) is 20.7 Å². The zero-order valence-corrected chi connectivity index (χ0v) is 10.6. The molecule has 0 spiro atoms. The third-order valence-electron chi connectivity index (χ3n) is 1.76. The van der Waals surface area contributed by atoms with Gasteiger partial charge in [0.2, 0.25) is 0 Å². The van der Waals surface area contributed by atoms with E-state index in [-0.39, 0.29) is 5.78 Å². The minimum absolute atomic E-state index is 0.289. The summed E-state index contributed by atoms with van der Waals surface area (Å²) in [5.74, 6) is 0.289. The third kappa shape index (κ3) is 4.80. The molecule has 0 N–H and O–H groups in total. The first-order chi connectivity index (χ1) is 6.68. The van der Waals surface area contributed by atoms with Gasteiger partial charge in [-0.25, -0.2) is 0 Å². The number of ketones is 1.